The Bertz CT molecular complexity index is 735. The van der Waals surface area contributed by atoms with E-state index in [4.69, 9.17) is 14.2 Å². The molecule has 1 heterocycles. The largest absolute Gasteiger partial charge is 0.346 e. The van der Waals surface area contributed by atoms with Crippen LogP contribution in [0.4, 0.5) is 0 Å². The van der Waals surface area contributed by atoms with Crippen molar-refractivity contribution >= 4 is 0 Å². The molecule has 0 spiro atoms. The molecule has 2 unspecified atom stereocenters. The Labute approximate surface area is 213 Å². The minimum atomic E-state index is -0.673. The van der Waals surface area contributed by atoms with E-state index in [9.17, 15) is 0 Å². The van der Waals surface area contributed by atoms with Crippen LogP contribution in [0.3, 0.4) is 0 Å². The van der Waals surface area contributed by atoms with E-state index >= 15 is 0 Å². The van der Waals surface area contributed by atoms with Gasteiger partial charge in [-0.3, -0.25) is 0 Å². The highest BCUT2D eigenvalue weighted by Crippen LogP contribution is 2.43. The number of nitrogens with zero attached hydrogens (tertiary/aromatic N) is 2. The van der Waals surface area contributed by atoms with Gasteiger partial charge in [0.25, 0.3) is 0 Å². The zero-order valence-corrected chi connectivity index (χ0v) is 22.3. The molecule has 0 aromatic carbocycles. The average Bonchev–Trinajstić information content (AvgIpc) is 3.62. The van der Waals surface area contributed by atoms with Crippen LogP contribution in [0.2, 0.25) is 0 Å². The van der Waals surface area contributed by atoms with Gasteiger partial charge in [0.2, 0.25) is 5.72 Å². The Balaban J connectivity index is 1.42. The predicted octanol–water partition coefficient (Wildman–Crippen LogP) is 8.73. The summed E-state index contributed by atoms with van der Waals surface area (Å²) in [5.41, 5.74) is 0.255. The monoisotopic (exact) mass is 484 g/mol. The first-order valence-electron chi connectivity index (χ1n) is 14.4. The molecule has 5 heteroatoms. The molecule has 1 saturated heterocycles. The van der Waals surface area contributed by atoms with Crippen LogP contribution >= 0.6 is 0 Å². The lowest BCUT2D eigenvalue weighted by molar-refractivity contribution is -0.204. The summed E-state index contributed by atoms with van der Waals surface area (Å²) in [5.74, 6) is -0.673. The van der Waals surface area contributed by atoms with Crippen LogP contribution in [0.5, 0.6) is 0 Å². The Kier molecular flexibility index (Phi) is 12.4. The maximum atomic E-state index is 6.36. The minimum absolute atomic E-state index is 0.0270. The van der Waals surface area contributed by atoms with Crippen LogP contribution in [-0.2, 0) is 14.2 Å². The maximum Gasteiger partial charge on any atom is 0.229 e. The molecule has 5 nitrogen and oxygen atoms in total. The van der Waals surface area contributed by atoms with E-state index in [1.165, 1.54) is 77.0 Å². The van der Waals surface area contributed by atoms with Gasteiger partial charge in [-0.05, 0) is 31.1 Å². The van der Waals surface area contributed by atoms with Gasteiger partial charge in [0, 0.05) is 6.42 Å². The molecule has 2 aliphatic carbocycles. The number of hydrogen-bond acceptors (Lipinski definition) is 5. The van der Waals surface area contributed by atoms with Gasteiger partial charge in [-0.15, -0.1) is 5.11 Å². The van der Waals surface area contributed by atoms with Crippen LogP contribution < -0.4 is 0 Å². The second-order valence-electron chi connectivity index (χ2n) is 10.2. The van der Waals surface area contributed by atoms with Gasteiger partial charge < -0.3 is 14.2 Å². The molecule has 0 bridgehead atoms. The molecule has 3 aliphatic rings. The van der Waals surface area contributed by atoms with Crippen LogP contribution in [0.25, 0.3) is 0 Å². The van der Waals surface area contributed by atoms with E-state index in [0.29, 0.717) is 6.42 Å². The molecule has 0 N–H and O–H groups in total. The van der Waals surface area contributed by atoms with Gasteiger partial charge in [0.15, 0.2) is 5.79 Å². The van der Waals surface area contributed by atoms with E-state index in [-0.39, 0.29) is 6.10 Å². The van der Waals surface area contributed by atoms with Gasteiger partial charge in [0.1, 0.15) is 6.10 Å². The average molecular weight is 485 g/mol. The predicted molar refractivity (Wildman–Crippen MR) is 143 cm³/mol. The summed E-state index contributed by atoms with van der Waals surface area (Å²) in [4.78, 5) is 0. The lowest BCUT2D eigenvalue weighted by atomic mass is 10.1. The fourth-order valence-corrected chi connectivity index (χ4v) is 4.62. The third kappa shape index (κ3) is 9.78. The van der Waals surface area contributed by atoms with E-state index in [0.717, 1.165) is 31.8 Å². The van der Waals surface area contributed by atoms with Crippen LogP contribution in [0.15, 0.2) is 58.5 Å². The Hall–Kier alpha value is -1.56. The van der Waals surface area contributed by atoms with Gasteiger partial charge >= 0.3 is 0 Å². The van der Waals surface area contributed by atoms with Crippen LogP contribution in [0.1, 0.15) is 110 Å². The summed E-state index contributed by atoms with van der Waals surface area (Å²) >= 11 is 0. The first-order valence-corrected chi connectivity index (χ1v) is 14.4. The van der Waals surface area contributed by atoms with Gasteiger partial charge in [-0.25, -0.2) is 0 Å². The third-order valence-electron chi connectivity index (χ3n) is 7.01. The normalized spacial score (nSPS) is 24.2. The Morgan fingerprint density at radius 2 is 1.40 bits per heavy atom. The number of fused-ring (bicyclic) bond motifs is 1. The molecule has 35 heavy (non-hydrogen) atoms. The van der Waals surface area contributed by atoms with E-state index in [1.807, 2.05) is 36.5 Å². The summed E-state index contributed by atoms with van der Waals surface area (Å²) in [6.45, 7) is 5.99. The molecule has 0 aromatic rings. The maximum absolute atomic E-state index is 6.36. The highest BCUT2D eigenvalue weighted by molar-refractivity contribution is 5.31. The van der Waals surface area contributed by atoms with E-state index < -0.39 is 11.5 Å². The van der Waals surface area contributed by atoms with Crippen molar-refractivity contribution in [2.24, 2.45) is 10.2 Å². The molecular weight excluding hydrogens is 436 g/mol. The minimum Gasteiger partial charge on any atom is -0.346 e. The lowest BCUT2D eigenvalue weighted by Gasteiger charge is -2.32. The van der Waals surface area contributed by atoms with Gasteiger partial charge in [-0.2, -0.15) is 5.11 Å². The molecule has 0 amide bonds. The topological polar surface area (TPSA) is 55.7 Å². The summed E-state index contributed by atoms with van der Waals surface area (Å²) in [5, 5.41) is 8.91. The molecule has 3 rings (SSSR count). The number of unbranched alkanes of at least 4 members (excludes halogenated alkanes) is 12. The zero-order valence-electron chi connectivity index (χ0n) is 22.3. The van der Waals surface area contributed by atoms with Crippen molar-refractivity contribution in [3.63, 3.8) is 0 Å². The highest BCUT2D eigenvalue weighted by Gasteiger charge is 2.55. The lowest BCUT2D eigenvalue weighted by Crippen LogP contribution is -2.35. The Morgan fingerprint density at radius 1 is 0.800 bits per heavy atom. The molecule has 196 valence electrons. The number of hydrogen-bond donors (Lipinski definition) is 0. The highest BCUT2D eigenvalue weighted by atomic mass is 16.7. The van der Waals surface area contributed by atoms with Crippen LogP contribution in [0, 0.1) is 0 Å². The van der Waals surface area contributed by atoms with Gasteiger partial charge in [-0.1, -0.05) is 115 Å². The second-order valence-corrected chi connectivity index (χ2v) is 10.2. The number of rotatable bonds is 20. The Morgan fingerprint density at radius 3 is 1.94 bits per heavy atom. The van der Waals surface area contributed by atoms with Crippen molar-refractivity contribution in [3.05, 3.63) is 48.2 Å². The smallest absolute Gasteiger partial charge is 0.229 e. The summed E-state index contributed by atoms with van der Waals surface area (Å²) in [6.07, 6.45) is 32.6. The molecule has 1 aliphatic heterocycles. The van der Waals surface area contributed by atoms with Crippen molar-refractivity contribution in [1.82, 2.24) is 0 Å². The number of ether oxygens (including phenoxy) is 3. The van der Waals surface area contributed by atoms with Crippen molar-refractivity contribution in [2.75, 3.05) is 13.2 Å². The molecule has 1 fully saturated rings. The summed E-state index contributed by atoms with van der Waals surface area (Å²) in [7, 11) is 0. The van der Waals surface area contributed by atoms with Crippen molar-refractivity contribution in [1.29, 1.82) is 0 Å². The van der Waals surface area contributed by atoms with Crippen molar-refractivity contribution in [3.8, 4) is 0 Å². The van der Waals surface area contributed by atoms with Crippen molar-refractivity contribution < 1.29 is 14.2 Å². The molecular formula is C30H48N2O3. The first-order chi connectivity index (χ1) is 17.2. The summed E-state index contributed by atoms with van der Waals surface area (Å²) < 4.78 is 18.4. The number of allylic oxidation sites excluding steroid dienone is 3. The third-order valence-corrected chi connectivity index (χ3v) is 7.01. The van der Waals surface area contributed by atoms with E-state index in [1.54, 1.807) is 0 Å². The second kappa shape index (κ2) is 15.5. The fourth-order valence-electron chi connectivity index (χ4n) is 4.62. The SMILES string of the molecule is CCCCCCCCCOC1(OCCCCCCCCC)C=CC(N=NC23C=CC=CC2O3)=CC1. The standard InChI is InChI=1S/C30H48N2O3/c1-3-5-7-9-11-13-17-25-33-29(34-26-18-14-12-10-8-6-4-2)23-20-27(21-24-29)31-32-30-22-16-15-19-28(30)35-30/h15-16,19-23,28H,3-14,17-18,24-26H2,1-2H3. The fraction of sp³-hybridized carbons (Fsp3) is 0.733. The quantitative estimate of drug-likeness (QED) is 0.0751. The van der Waals surface area contributed by atoms with Gasteiger partial charge in [0.05, 0.1) is 18.9 Å². The number of epoxide rings is 1. The number of azo groups is 1. The summed E-state index contributed by atoms with van der Waals surface area (Å²) in [6, 6.07) is 0. The van der Waals surface area contributed by atoms with Crippen molar-refractivity contribution in [2.45, 2.75) is 128 Å². The van der Waals surface area contributed by atoms with Crippen LogP contribution in [-0.4, -0.2) is 30.8 Å². The molecule has 0 saturated carbocycles. The molecule has 0 radical (unpaired) electrons. The molecule has 0 aromatic heterocycles. The molecule has 2 atom stereocenters. The first kappa shape index (κ1) is 28.0. The van der Waals surface area contributed by atoms with E-state index in [2.05, 4.69) is 30.2 Å². The zero-order chi connectivity index (χ0) is 24.7.